The second-order valence-electron chi connectivity index (χ2n) is 7.63. The van der Waals surface area contributed by atoms with E-state index >= 15 is 0 Å². The highest BCUT2D eigenvalue weighted by Crippen LogP contribution is 2.25. The molecule has 3 rings (SSSR count). The predicted octanol–water partition coefficient (Wildman–Crippen LogP) is 3.87. The number of ketones is 1. The van der Waals surface area contributed by atoms with Gasteiger partial charge in [0.2, 0.25) is 5.91 Å². The molecule has 0 saturated carbocycles. The Morgan fingerprint density at radius 2 is 1.94 bits per heavy atom. The van der Waals surface area contributed by atoms with Crippen molar-refractivity contribution in [3.05, 3.63) is 71.0 Å². The highest BCUT2D eigenvalue weighted by atomic mass is 79.9. The molecule has 1 heterocycles. The minimum atomic E-state index is -0.260. The van der Waals surface area contributed by atoms with E-state index in [9.17, 15) is 9.59 Å². The topological polar surface area (TPSA) is 87.2 Å². The third-order valence-electron chi connectivity index (χ3n) is 4.67. The van der Waals surface area contributed by atoms with Crippen molar-refractivity contribution < 1.29 is 9.59 Å². The molecule has 2 N–H and O–H groups in total. The molecule has 0 atom stereocenters. The fourth-order valence-electron chi connectivity index (χ4n) is 3.11. The van der Waals surface area contributed by atoms with Crippen molar-refractivity contribution >= 4 is 50.0 Å². The fourth-order valence-corrected chi connectivity index (χ4v) is 3.51. The Labute approximate surface area is 196 Å². The molecule has 0 spiro atoms. The fraction of sp³-hybridized carbons (Fsp3) is 0.250. The van der Waals surface area contributed by atoms with E-state index in [2.05, 4.69) is 41.4 Å². The Hall–Kier alpha value is -3.10. The summed E-state index contributed by atoms with van der Waals surface area (Å²) in [6.45, 7) is 1.47. The molecule has 32 heavy (non-hydrogen) atoms. The number of nitrogens with one attached hydrogen (secondary N) is 2. The van der Waals surface area contributed by atoms with Gasteiger partial charge in [-0.25, -0.2) is 9.97 Å². The second-order valence-corrected chi connectivity index (χ2v) is 8.55. The van der Waals surface area contributed by atoms with Crippen molar-refractivity contribution in [2.75, 3.05) is 32.5 Å². The Balaban J connectivity index is 1.64. The van der Waals surface area contributed by atoms with Gasteiger partial charge in [-0.15, -0.1) is 0 Å². The number of allylic oxidation sites excluding steroid dienone is 1. The van der Waals surface area contributed by atoms with E-state index in [1.807, 2.05) is 56.6 Å². The average molecular weight is 496 g/mol. The molecule has 0 fully saturated rings. The molecule has 8 heteroatoms. The summed E-state index contributed by atoms with van der Waals surface area (Å²) in [4.78, 5) is 35.0. The van der Waals surface area contributed by atoms with Gasteiger partial charge in [-0.05, 0) is 69.0 Å². The van der Waals surface area contributed by atoms with Gasteiger partial charge < -0.3 is 15.5 Å². The van der Waals surface area contributed by atoms with Crippen LogP contribution in [0.1, 0.15) is 12.0 Å². The third-order valence-corrected chi connectivity index (χ3v) is 5.16. The van der Waals surface area contributed by atoms with Crippen LogP contribution in [0.3, 0.4) is 0 Å². The molecule has 0 radical (unpaired) electrons. The maximum atomic E-state index is 12.4. The number of halogens is 1. The van der Waals surface area contributed by atoms with E-state index in [0.29, 0.717) is 12.4 Å². The number of amides is 1. The van der Waals surface area contributed by atoms with Gasteiger partial charge in [0.25, 0.3) is 0 Å². The van der Waals surface area contributed by atoms with E-state index in [-0.39, 0.29) is 18.1 Å². The number of fused-ring (bicyclic) bond motifs is 1. The first kappa shape index (κ1) is 23.6. The molecule has 0 saturated heterocycles. The van der Waals surface area contributed by atoms with Crippen LogP contribution in [-0.4, -0.2) is 53.7 Å². The smallest absolute Gasteiger partial charge is 0.244 e. The standard InChI is InChI=1S/C24H26BrN5O2/c1-30(2)12-4-11-26-23(32)10-8-20(31)13-17-7-9-22-21(14-17)24(28-16-27-22)29-19-6-3-5-18(25)15-19/h3,5-10,14-16H,4,11-13H2,1-2H3,(H,26,32)(H,27,28,29)/b10-8+. The molecule has 1 aromatic heterocycles. The van der Waals surface area contributed by atoms with Crippen LogP contribution in [0.15, 0.2) is 65.4 Å². The van der Waals surface area contributed by atoms with Crippen LogP contribution >= 0.6 is 15.9 Å². The highest BCUT2D eigenvalue weighted by Gasteiger charge is 2.08. The molecule has 7 nitrogen and oxygen atoms in total. The number of nitrogens with zero attached hydrogens (tertiary/aromatic N) is 3. The molecule has 2 aromatic carbocycles. The van der Waals surface area contributed by atoms with Gasteiger partial charge >= 0.3 is 0 Å². The molecule has 0 unspecified atom stereocenters. The van der Waals surface area contributed by atoms with Crippen molar-refractivity contribution in [1.82, 2.24) is 20.2 Å². The lowest BCUT2D eigenvalue weighted by Gasteiger charge is -2.10. The van der Waals surface area contributed by atoms with Crippen LogP contribution in [0, 0.1) is 0 Å². The molecule has 3 aromatic rings. The third kappa shape index (κ3) is 7.25. The molecule has 0 aliphatic heterocycles. The van der Waals surface area contributed by atoms with Crippen LogP contribution in [0.4, 0.5) is 11.5 Å². The number of anilines is 2. The number of hydrogen-bond donors (Lipinski definition) is 2. The zero-order chi connectivity index (χ0) is 22.9. The summed E-state index contributed by atoms with van der Waals surface area (Å²) in [7, 11) is 3.97. The summed E-state index contributed by atoms with van der Waals surface area (Å²) in [6, 6.07) is 13.4. The monoisotopic (exact) mass is 495 g/mol. The maximum absolute atomic E-state index is 12.4. The Bertz CT molecular complexity index is 1130. The van der Waals surface area contributed by atoms with E-state index < -0.39 is 0 Å². The van der Waals surface area contributed by atoms with Gasteiger partial charge in [-0.3, -0.25) is 9.59 Å². The van der Waals surface area contributed by atoms with Crippen LogP contribution in [0.25, 0.3) is 10.9 Å². The summed E-state index contributed by atoms with van der Waals surface area (Å²) in [5, 5.41) is 6.91. The summed E-state index contributed by atoms with van der Waals surface area (Å²) in [5.74, 6) is 0.255. The van der Waals surface area contributed by atoms with Crippen LogP contribution in [0.2, 0.25) is 0 Å². The first-order valence-electron chi connectivity index (χ1n) is 10.3. The van der Waals surface area contributed by atoms with Crippen molar-refractivity contribution in [3.8, 4) is 0 Å². The summed E-state index contributed by atoms with van der Waals surface area (Å²) in [6.07, 6.45) is 5.17. The lowest BCUT2D eigenvalue weighted by molar-refractivity contribution is -0.117. The van der Waals surface area contributed by atoms with E-state index in [4.69, 9.17) is 0 Å². The Morgan fingerprint density at radius 1 is 1.09 bits per heavy atom. The molecule has 0 aliphatic carbocycles. The molecular formula is C24H26BrN5O2. The largest absolute Gasteiger partial charge is 0.353 e. The highest BCUT2D eigenvalue weighted by molar-refractivity contribution is 9.10. The molecule has 166 valence electrons. The number of benzene rings is 2. The molecule has 1 amide bonds. The van der Waals surface area contributed by atoms with Gasteiger partial charge in [0.05, 0.1) is 5.52 Å². The van der Waals surface area contributed by atoms with Crippen molar-refractivity contribution in [1.29, 1.82) is 0 Å². The van der Waals surface area contributed by atoms with Gasteiger partial charge in [0.15, 0.2) is 5.78 Å². The number of carbonyl (C=O) groups is 2. The van der Waals surface area contributed by atoms with Crippen LogP contribution in [0.5, 0.6) is 0 Å². The van der Waals surface area contributed by atoms with E-state index in [1.54, 1.807) is 0 Å². The van der Waals surface area contributed by atoms with Crippen LogP contribution < -0.4 is 10.6 Å². The Morgan fingerprint density at radius 3 is 2.72 bits per heavy atom. The van der Waals surface area contributed by atoms with Crippen molar-refractivity contribution in [3.63, 3.8) is 0 Å². The lowest BCUT2D eigenvalue weighted by Crippen LogP contribution is -2.25. The minimum Gasteiger partial charge on any atom is -0.353 e. The normalized spacial score (nSPS) is 11.2. The SMILES string of the molecule is CN(C)CCCNC(=O)/C=C/C(=O)Cc1ccc2ncnc(Nc3cccc(Br)c3)c2c1. The Kier molecular flexibility index (Phi) is 8.47. The van der Waals surface area contributed by atoms with E-state index in [0.717, 1.165) is 39.6 Å². The van der Waals surface area contributed by atoms with Gasteiger partial charge in [-0.2, -0.15) is 0 Å². The lowest BCUT2D eigenvalue weighted by atomic mass is 10.1. The van der Waals surface area contributed by atoms with Crippen molar-refractivity contribution in [2.45, 2.75) is 12.8 Å². The average Bonchev–Trinajstić information content (AvgIpc) is 2.76. The van der Waals surface area contributed by atoms with Gasteiger partial charge in [0, 0.05) is 34.6 Å². The minimum absolute atomic E-state index is 0.147. The maximum Gasteiger partial charge on any atom is 0.244 e. The number of carbonyl (C=O) groups excluding carboxylic acids is 2. The number of hydrogen-bond acceptors (Lipinski definition) is 6. The predicted molar refractivity (Wildman–Crippen MR) is 131 cm³/mol. The zero-order valence-corrected chi connectivity index (χ0v) is 19.7. The summed E-state index contributed by atoms with van der Waals surface area (Å²) < 4.78 is 0.959. The van der Waals surface area contributed by atoms with Gasteiger partial charge in [-0.1, -0.05) is 28.1 Å². The van der Waals surface area contributed by atoms with Crippen molar-refractivity contribution in [2.24, 2.45) is 0 Å². The number of rotatable bonds is 10. The molecular weight excluding hydrogens is 470 g/mol. The molecule has 0 bridgehead atoms. The zero-order valence-electron chi connectivity index (χ0n) is 18.1. The van der Waals surface area contributed by atoms with Gasteiger partial charge in [0.1, 0.15) is 12.1 Å². The summed E-state index contributed by atoms with van der Waals surface area (Å²) >= 11 is 3.46. The van der Waals surface area contributed by atoms with E-state index in [1.165, 1.54) is 18.5 Å². The quantitative estimate of drug-likeness (QED) is 0.328. The summed E-state index contributed by atoms with van der Waals surface area (Å²) in [5.41, 5.74) is 2.49. The van der Waals surface area contributed by atoms with Crippen LogP contribution in [-0.2, 0) is 16.0 Å². The first-order valence-corrected chi connectivity index (χ1v) is 11.1. The number of aromatic nitrogens is 2. The molecule has 0 aliphatic rings. The first-order chi connectivity index (χ1) is 15.4. The second kappa shape index (κ2) is 11.5.